The molecule has 0 radical (unpaired) electrons. The summed E-state index contributed by atoms with van der Waals surface area (Å²) in [4.78, 5) is 2.60. The lowest BCUT2D eigenvalue weighted by Crippen LogP contribution is -2.18. The molecule has 0 heterocycles. The summed E-state index contributed by atoms with van der Waals surface area (Å²) in [5, 5.41) is 2.58. The number of rotatable bonds is 6. The fourth-order valence-corrected chi connectivity index (χ4v) is 11.0. The molecule has 3 unspecified atom stereocenters. The van der Waals surface area contributed by atoms with Gasteiger partial charge in [-0.3, -0.25) is 0 Å². The molecule has 1 nitrogen and oxygen atoms in total. The van der Waals surface area contributed by atoms with Crippen LogP contribution in [0.2, 0.25) is 0 Å². The number of benzene rings is 6. The lowest BCUT2D eigenvalue weighted by atomic mass is 9.78. The van der Waals surface area contributed by atoms with Crippen LogP contribution in [0.25, 0.3) is 33.0 Å². The molecule has 0 spiro atoms. The summed E-state index contributed by atoms with van der Waals surface area (Å²) in [5.41, 5.74) is 15.0. The van der Waals surface area contributed by atoms with Crippen LogP contribution in [0.3, 0.4) is 0 Å². The Hall–Kier alpha value is -4.62. The van der Waals surface area contributed by atoms with Gasteiger partial charge in [0.25, 0.3) is 0 Å². The molecule has 0 saturated heterocycles. The Labute approximate surface area is 304 Å². The molecule has 2 bridgehead atoms. The highest BCUT2D eigenvalue weighted by molar-refractivity contribution is 5.93. The minimum Gasteiger partial charge on any atom is -0.310 e. The lowest BCUT2D eigenvalue weighted by Gasteiger charge is -2.33. The van der Waals surface area contributed by atoms with E-state index in [0.717, 1.165) is 17.8 Å². The summed E-state index contributed by atoms with van der Waals surface area (Å²) in [6.45, 7) is 4.88. The Morgan fingerprint density at radius 3 is 2.14 bits per heavy atom. The van der Waals surface area contributed by atoms with Crippen LogP contribution in [0, 0.1) is 11.8 Å². The van der Waals surface area contributed by atoms with E-state index in [1.54, 1.807) is 5.56 Å². The minimum atomic E-state index is -0.150. The number of nitrogens with zero attached hydrogens (tertiary/aromatic N) is 1. The quantitative estimate of drug-likeness (QED) is 0.171. The van der Waals surface area contributed by atoms with Crippen LogP contribution in [0.15, 0.2) is 127 Å². The molecule has 3 atom stereocenters. The van der Waals surface area contributed by atoms with Crippen LogP contribution >= 0.6 is 0 Å². The van der Waals surface area contributed by atoms with Crippen LogP contribution in [0.1, 0.15) is 106 Å². The third-order valence-electron chi connectivity index (χ3n) is 13.5. The topological polar surface area (TPSA) is 3.24 Å². The number of hydrogen-bond donors (Lipinski definition) is 0. The zero-order chi connectivity index (χ0) is 34.1. The zero-order valence-corrected chi connectivity index (χ0v) is 30.2. The SMILES string of the molecule is CC1(C)c2cc(N(c3ccc(C4CC5CCC4C5)cc3)c3ccccc3C3CCCCC3)ccc2-c2cccc(-c3ccc4ccccc4c3)c21. The molecule has 0 N–H and O–H groups in total. The van der Waals surface area contributed by atoms with Crippen molar-refractivity contribution in [2.24, 2.45) is 11.8 Å². The van der Waals surface area contributed by atoms with E-state index < -0.39 is 0 Å². The van der Waals surface area contributed by atoms with Crippen molar-refractivity contribution in [3.63, 3.8) is 0 Å². The van der Waals surface area contributed by atoms with Crippen molar-refractivity contribution in [2.75, 3.05) is 4.90 Å². The predicted octanol–water partition coefficient (Wildman–Crippen LogP) is 14.2. The summed E-state index contributed by atoms with van der Waals surface area (Å²) < 4.78 is 0. The predicted molar refractivity (Wildman–Crippen MR) is 216 cm³/mol. The van der Waals surface area contributed by atoms with Crippen LogP contribution < -0.4 is 4.90 Å². The third kappa shape index (κ3) is 5.18. The first-order chi connectivity index (χ1) is 25.0. The second kappa shape index (κ2) is 12.3. The summed E-state index contributed by atoms with van der Waals surface area (Å²) in [6, 6.07) is 49.1. The van der Waals surface area contributed by atoms with E-state index in [9.17, 15) is 0 Å². The van der Waals surface area contributed by atoms with E-state index in [0.29, 0.717) is 5.92 Å². The highest BCUT2D eigenvalue weighted by atomic mass is 15.1. The maximum absolute atomic E-state index is 2.60. The minimum absolute atomic E-state index is 0.150. The summed E-state index contributed by atoms with van der Waals surface area (Å²) in [7, 11) is 0. The van der Waals surface area contributed by atoms with Crippen molar-refractivity contribution in [1.29, 1.82) is 0 Å². The summed E-state index contributed by atoms with van der Waals surface area (Å²) in [6.07, 6.45) is 12.3. The van der Waals surface area contributed by atoms with Crippen molar-refractivity contribution in [2.45, 2.75) is 88.9 Å². The maximum atomic E-state index is 2.60. The number of anilines is 3. The van der Waals surface area contributed by atoms with Crippen LogP contribution in [-0.2, 0) is 5.41 Å². The van der Waals surface area contributed by atoms with Crippen molar-refractivity contribution >= 4 is 27.8 Å². The Morgan fingerprint density at radius 2 is 1.33 bits per heavy atom. The Bertz CT molecular complexity index is 2250. The molecule has 254 valence electrons. The Kier molecular flexibility index (Phi) is 7.49. The van der Waals surface area contributed by atoms with Gasteiger partial charge in [0.15, 0.2) is 0 Å². The van der Waals surface area contributed by atoms with Gasteiger partial charge in [-0.25, -0.2) is 0 Å². The Morgan fingerprint density at radius 1 is 0.569 bits per heavy atom. The van der Waals surface area contributed by atoms with Gasteiger partial charge in [0.1, 0.15) is 0 Å². The van der Waals surface area contributed by atoms with Gasteiger partial charge in [-0.15, -0.1) is 0 Å². The maximum Gasteiger partial charge on any atom is 0.0496 e. The van der Waals surface area contributed by atoms with E-state index in [1.165, 1.54) is 125 Å². The van der Waals surface area contributed by atoms with Crippen molar-refractivity contribution in [3.8, 4) is 22.3 Å². The fraction of sp³-hybridized carbons (Fsp3) is 0.320. The van der Waals surface area contributed by atoms with Gasteiger partial charge in [-0.1, -0.05) is 131 Å². The number of para-hydroxylation sites is 1. The average molecular weight is 664 g/mol. The molecular formula is C50H49N. The van der Waals surface area contributed by atoms with E-state index in [-0.39, 0.29) is 5.41 Å². The normalized spacial score (nSPS) is 21.9. The van der Waals surface area contributed by atoms with Crippen LogP contribution in [0.5, 0.6) is 0 Å². The molecule has 4 aliphatic rings. The molecule has 0 aliphatic heterocycles. The first-order valence-electron chi connectivity index (χ1n) is 19.8. The molecule has 0 aromatic heterocycles. The first-order valence-corrected chi connectivity index (χ1v) is 19.8. The molecule has 1 heteroatoms. The van der Waals surface area contributed by atoms with Crippen molar-refractivity contribution < 1.29 is 0 Å². The number of hydrogen-bond acceptors (Lipinski definition) is 1. The molecule has 4 aliphatic carbocycles. The van der Waals surface area contributed by atoms with E-state index in [4.69, 9.17) is 0 Å². The second-order valence-corrected chi connectivity index (χ2v) is 16.7. The van der Waals surface area contributed by atoms with Gasteiger partial charge in [-0.2, -0.15) is 0 Å². The van der Waals surface area contributed by atoms with Gasteiger partial charge in [-0.05, 0) is 147 Å². The van der Waals surface area contributed by atoms with E-state index in [1.807, 2.05) is 0 Å². The van der Waals surface area contributed by atoms with E-state index in [2.05, 4.69) is 146 Å². The second-order valence-electron chi connectivity index (χ2n) is 16.7. The molecule has 6 aromatic rings. The largest absolute Gasteiger partial charge is 0.310 e. The van der Waals surface area contributed by atoms with Gasteiger partial charge in [0.2, 0.25) is 0 Å². The summed E-state index contributed by atoms with van der Waals surface area (Å²) in [5.74, 6) is 3.21. The van der Waals surface area contributed by atoms with Gasteiger partial charge in [0.05, 0.1) is 0 Å². The monoisotopic (exact) mass is 663 g/mol. The standard InChI is InChI=1S/C50H49N/c1-50(2)47-32-41(27-28-44(47)45-17-10-16-43(49(45)50)39-22-21-34-11-6-7-14-37(34)31-39)51(48-18-9-8-15-42(48)35-12-4-3-5-13-35)40-25-23-36(24-26-40)46-30-33-19-20-38(46)29-33/h6-11,14-18,21-28,31-33,35,38,46H,3-5,12-13,19-20,29-30H2,1-2H3. The molecule has 3 fully saturated rings. The van der Waals surface area contributed by atoms with Crippen molar-refractivity contribution in [3.05, 3.63) is 150 Å². The molecular weight excluding hydrogens is 615 g/mol. The van der Waals surface area contributed by atoms with Gasteiger partial charge in [0, 0.05) is 22.5 Å². The molecule has 6 aromatic carbocycles. The fourth-order valence-electron chi connectivity index (χ4n) is 11.0. The molecule has 10 rings (SSSR count). The van der Waals surface area contributed by atoms with Gasteiger partial charge < -0.3 is 4.90 Å². The van der Waals surface area contributed by atoms with Crippen molar-refractivity contribution in [1.82, 2.24) is 0 Å². The van der Waals surface area contributed by atoms with Crippen LogP contribution in [-0.4, -0.2) is 0 Å². The van der Waals surface area contributed by atoms with E-state index >= 15 is 0 Å². The Balaban J connectivity index is 1.09. The molecule has 3 saturated carbocycles. The number of fused-ring (bicyclic) bond motifs is 6. The summed E-state index contributed by atoms with van der Waals surface area (Å²) >= 11 is 0. The lowest BCUT2D eigenvalue weighted by molar-refractivity contribution is 0.420. The highest BCUT2D eigenvalue weighted by Gasteiger charge is 2.41. The zero-order valence-electron chi connectivity index (χ0n) is 30.2. The smallest absolute Gasteiger partial charge is 0.0496 e. The molecule has 51 heavy (non-hydrogen) atoms. The van der Waals surface area contributed by atoms with Gasteiger partial charge >= 0.3 is 0 Å². The van der Waals surface area contributed by atoms with Crippen LogP contribution in [0.4, 0.5) is 17.1 Å². The first kappa shape index (κ1) is 31.1. The average Bonchev–Trinajstić information content (AvgIpc) is 3.88. The third-order valence-corrected chi connectivity index (χ3v) is 13.5. The highest BCUT2D eigenvalue weighted by Crippen LogP contribution is 2.55. The molecule has 0 amide bonds.